The predicted octanol–water partition coefficient (Wildman–Crippen LogP) is 3.43. The second-order valence-electron chi connectivity index (χ2n) is 6.23. The maximum atomic E-state index is 4.85. The van der Waals surface area contributed by atoms with Crippen LogP contribution < -0.4 is 10.2 Å². The molecule has 0 amide bonds. The lowest BCUT2D eigenvalue weighted by atomic mass is 9.98. The Bertz CT molecular complexity index is 434. The van der Waals surface area contributed by atoms with Gasteiger partial charge in [0, 0.05) is 30.9 Å². The van der Waals surface area contributed by atoms with Gasteiger partial charge in [-0.15, -0.1) is 0 Å². The molecule has 2 heterocycles. The van der Waals surface area contributed by atoms with E-state index < -0.39 is 0 Å². The van der Waals surface area contributed by atoms with Crippen molar-refractivity contribution in [1.29, 1.82) is 0 Å². The molecule has 0 spiro atoms. The van der Waals surface area contributed by atoms with Gasteiger partial charge < -0.3 is 10.2 Å². The Balaban J connectivity index is 2.20. The van der Waals surface area contributed by atoms with Gasteiger partial charge in [-0.1, -0.05) is 13.8 Å². The van der Waals surface area contributed by atoms with E-state index in [1.54, 1.807) is 0 Å². The molecule has 112 valence electrons. The molecule has 0 aliphatic carbocycles. The number of piperidine rings is 1. The zero-order valence-corrected chi connectivity index (χ0v) is 13.5. The van der Waals surface area contributed by atoms with E-state index in [0.717, 1.165) is 37.8 Å². The third kappa shape index (κ3) is 3.72. The Morgan fingerprint density at radius 2 is 2.00 bits per heavy atom. The molecule has 1 saturated heterocycles. The van der Waals surface area contributed by atoms with Crippen LogP contribution in [0.25, 0.3) is 0 Å². The summed E-state index contributed by atoms with van der Waals surface area (Å²) < 4.78 is 0. The van der Waals surface area contributed by atoms with E-state index in [-0.39, 0.29) is 0 Å². The molecule has 0 radical (unpaired) electrons. The fourth-order valence-electron chi connectivity index (χ4n) is 2.93. The molecule has 1 fully saturated rings. The number of aryl methyl sites for hydroxylation is 2. The van der Waals surface area contributed by atoms with Gasteiger partial charge in [0.15, 0.2) is 0 Å². The number of hydrogen-bond donors (Lipinski definition) is 1. The minimum absolute atomic E-state index is 0.860. The SMILES string of the molecule is CCCNCc1c(C)cc(C)nc1N1CCC(C)CC1. The van der Waals surface area contributed by atoms with Crippen LogP contribution in [0.15, 0.2) is 6.07 Å². The number of pyridine rings is 1. The standard InChI is InChI=1S/C17H29N3/c1-5-8-18-12-16-14(3)11-15(4)19-17(16)20-9-6-13(2)7-10-20/h11,13,18H,5-10,12H2,1-4H3. The first-order valence-corrected chi connectivity index (χ1v) is 8.04. The Labute approximate surface area is 123 Å². The van der Waals surface area contributed by atoms with E-state index in [4.69, 9.17) is 4.98 Å². The van der Waals surface area contributed by atoms with E-state index in [9.17, 15) is 0 Å². The molecule has 1 aliphatic rings. The van der Waals surface area contributed by atoms with Gasteiger partial charge in [0.1, 0.15) is 5.82 Å². The van der Waals surface area contributed by atoms with Gasteiger partial charge >= 0.3 is 0 Å². The van der Waals surface area contributed by atoms with Crippen LogP contribution in [0.5, 0.6) is 0 Å². The van der Waals surface area contributed by atoms with Gasteiger partial charge in [0.05, 0.1) is 0 Å². The highest BCUT2D eigenvalue weighted by Gasteiger charge is 2.20. The average Bonchev–Trinajstić information content (AvgIpc) is 2.42. The highest BCUT2D eigenvalue weighted by atomic mass is 15.2. The molecule has 1 N–H and O–H groups in total. The Hall–Kier alpha value is -1.09. The lowest BCUT2D eigenvalue weighted by molar-refractivity contribution is 0.435. The Morgan fingerprint density at radius 3 is 2.65 bits per heavy atom. The second kappa shape index (κ2) is 7.07. The fourth-order valence-corrected chi connectivity index (χ4v) is 2.93. The van der Waals surface area contributed by atoms with Crippen molar-refractivity contribution in [2.75, 3.05) is 24.5 Å². The lowest BCUT2D eigenvalue weighted by Crippen LogP contribution is -2.35. The third-order valence-corrected chi connectivity index (χ3v) is 4.27. The van der Waals surface area contributed by atoms with Gasteiger partial charge in [-0.25, -0.2) is 4.98 Å². The zero-order chi connectivity index (χ0) is 14.5. The smallest absolute Gasteiger partial charge is 0.133 e. The largest absolute Gasteiger partial charge is 0.356 e. The first-order valence-electron chi connectivity index (χ1n) is 8.04. The number of aromatic nitrogens is 1. The van der Waals surface area contributed by atoms with E-state index in [2.05, 4.69) is 44.0 Å². The summed E-state index contributed by atoms with van der Waals surface area (Å²) in [5.41, 5.74) is 3.89. The molecule has 20 heavy (non-hydrogen) atoms. The quantitative estimate of drug-likeness (QED) is 0.834. The average molecular weight is 275 g/mol. The zero-order valence-electron chi connectivity index (χ0n) is 13.5. The van der Waals surface area contributed by atoms with Gasteiger partial charge in [0.2, 0.25) is 0 Å². The number of hydrogen-bond acceptors (Lipinski definition) is 3. The number of rotatable bonds is 5. The van der Waals surface area contributed by atoms with Gasteiger partial charge in [-0.2, -0.15) is 0 Å². The molecule has 0 unspecified atom stereocenters. The van der Waals surface area contributed by atoms with Crippen molar-refractivity contribution in [1.82, 2.24) is 10.3 Å². The van der Waals surface area contributed by atoms with E-state index in [1.165, 1.54) is 36.2 Å². The molecule has 0 saturated carbocycles. The van der Waals surface area contributed by atoms with Crippen molar-refractivity contribution in [3.05, 3.63) is 22.9 Å². The summed E-state index contributed by atoms with van der Waals surface area (Å²) >= 11 is 0. The van der Waals surface area contributed by atoms with Crippen LogP contribution in [0, 0.1) is 19.8 Å². The van der Waals surface area contributed by atoms with E-state index >= 15 is 0 Å². The monoisotopic (exact) mass is 275 g/mol. The van der Waals surface area contributed by atoms with Gasteiger partial charge in [-0.3, -0.25) is 0 Å². The summed E-state index contributed by atoms with van der Waals surface area (Å²) in [5.74, 6) is 2.08. The van der Waals surface area contributed by atoms with Crippen molar-refractivity contribution >= 4 is 5.82 Å². The van der Waals surface area contributed by atoms with Crippen LogP contribution in [-0.4, -0.2) is 24.6 Å². The van der Waals surface area contributed by atoms with Crippen LogP contribution >= 0.6 is 0 Å². The Morgan fingerprint density at radius 1 is 1.30 bits per heavy atom. The summed E-state index contributed by atoms with van der Waals surface area (Å²) in [6.45, 7) is 13.2. The van der Waals surface area contributed by atoms with Crippen molar-refractivity contribution in [2.24, 2.45) is 5.92 Å². The second-order valence-corrected chi connectivity index (χ2v) is 6.23. The first-order chi connectivity index (χ1) is 9.61. The predicted molar refractivity (Wildman–Crippen MR) is 86.3 cm³/mol. The van der Waals surface area contributed by atoms with Crippen LogP contribution in [0.2, 0.25) is 0 Å². The molecule has 2 rings (SSSR count). The Kier molecular flexibility index (Phi) is 5.41. The lowest BCUT2D eigenvalue weighted by Gasteiger charge is -2.33. The van der Waals surface area contributed by atoms with Gasteiger partial charge in [0.25, 0.3) is 0 Å². The van der Waals surface area contributed by atoms with Crippen LogP contribution in [0.1, 0.15) is 49.9 Å². The highest BCUT2D eigenvalue weighted by Crippen LogP contribution is 2.27. The molecule has 3 heteroatoms. The fraction of sp³-hybridized carbons (Fsp3) is 0.706. The molecule has 0 bridgehead atoms. The third-order valence-electron chi connectivity index (χ3n) is 4.27. The molecule has 1 aliphatic heterocycles. The molecule has 0 aromatic carbocycles. The molecule has 0 atom stereocenters. The minimum Gasteiger partial charge on any atom is -0.356 e. The van der Waals surface area contributed by atoms with Crippen molar-refractivity contribution in [3.8, 4) is 0 Å². The normalized spacial score (nSPS) is 16.7. The molecule has 1 aromatic heterocycles. The molecular formula is C17H29N3. The molecule has 3 nitrogen and oxygen atoms in total. The first kappa shape index (κ1) is 15.3. The summed E-state index contributed by atoms with van der Waals surface area (Å²) in [6.07, 6.45) is 3.75. The van der Waals surface area contributed by atoms with Crippen LogP contribution in [0.4, 0.5) is 5.82 Å². The topological polar surface area (TPSA) is 28.2 Å². The number of anilines is 1. The summed E-state index contributed by atoms with van der Waals surface area (Å²) in [4.78, 5) is 7.34. The maximum absolute atomic E-state index is 4.85. The highest BCUT2D eigenvalue weighted by molar-refractivity contribution is 5.52. The minimum atomic E-state index is 0.860. The summed E-state index contributed by atoms with van der Waals surface area (Å²) in [5, 5.41) is 3.53. The van der Waals surface area contributed by atoms with E-state index in [1.807, 2.05) is 0 Å². The van der Waals surface area contributed by atoms with Crippen LogP contribution in [0.3, 0.4) is 0 Å². The maximum Gasteiger partial charge on any atom is 0.133 e. The molecule has 1 aromatic rings. The van der Waals surface area contributed by atoms with Crippen molar-refractivity contribution in [3.63, 3.8) is 0 Å². The number of nitrogens with zero attached hydrogens (tertiary/aromatic N) is 2. The molecular weight excluding hydrogens is 246 g/mol. The summed E-state index contributed by atoms with van der Waals surface area (Å²) in [6, 6.07) is 2.21. The van der Waals surface area contributed by atoms with Gasteiger partial charge in [-0.05, 0) is 57.2 Å². The van der Waals surface area contributed by atoms with Crippen molar-refractivity contribution < 1.29 is 0 Å². The number of nitrogens with one attached hydrogen (secondary N) is 1. The summed E-state index contributed by atoms with van der Waals surface area (Å²) in [7, 11) is 0. The van der Waals surface area contributed by atoms with Crippen LogP contribution in [-0.2, 0) is 6.54 Å². The van der Waals surface area contributed by atoms with E-state index in [0.29, 0.717) is 0 Å². The van der Waals surface area contributed by atoms with Crippen molar-refractivity contribution in [2.45, 2.75) is 53.5 Å².